The lowest BCUT2D eigenvalue weighted by atomic mass is 9.95. The number of nitrogens with one attached hydrogen (secondary N) is 1. The quantitative estimate of drug-likeness (QED) is 0.638. The minimum Gasteiger partial charge on any atom is -0.271 e. The molecule has 0 fully saturated rings. The van der Waals surface area contributed by atoms with Gasteiger partial charge in [0.1, 0.15) is 0 Å². The summed E-state index contributed by atoms with van der Waals surface area (Å²) in [5, 5.41) is 0. The summed E-state index contributed by atoms with van der Waals surface area (Å²) < 4.78 is 0. The molecule has 0 aromatic heterocycles. The second kappa shape index (κ2) is 6.88. The second-order valence-electron chi connectivity index (χ2n) is 6.24. The molecule has 0 heterocycles. The molecule has 0 aliphatic rings. The smallest absolute Gasteiger partial charge is 0.0500 e. The van der Waals surface area contributed by atoms with Crippen LogP contribution in [-0.4, -0.2) is 0 Å². The Morgan fingerprint density at radius 3 is 1.95 bits per heavy atom. The molecule has 2 heteroatoms. The average Bonchev–Trinajstić information content (AvgIpc) is 2.44. The van der Waals surface area contributed by atoms with Crippen molar-refractivity contribution < 1.29 is 0 Å². The van der Waals surface area contributed by atoms with Gasteiger partial charge in [-0.3, -0.25) is 11.3 Å². The number of hydrogen-bond donors (Lipinski definition) is 2. The second-order valence-corrected chi connectivity index (χ2v) is 6.24. The van der Waals surface area contributed by atoms with Crippen LogP contribution in [-0.2, 0) is 6.42 Å². The third kappa shape index (κ3) is 4.16. The molecule has 2 nitrogen and oxygen atoms in total. The van der Waals surface area contributed by atoms with E-state index in [0.717, 1.165) is 6.42 Å². The van der Waals surface area contributed by atoms with Crippen molar-refractivity contribution in [3.8, 4) is 0 Å². The summed E-state index contributed by atoms with van der Waals surface area (Å²) in [7, 11) is 0. The third-order valence-corrected chi connectivity index (χ3v) is 3.93. The van der Waals surface area contributed by atoms with Gasteiger partial charge in [0.2, 0.25) is 0 Å². The molecular formula is C19H26N2. The van der Waals surface area contributed by atoms with Crippen LogP contribution < -0.4 is 11.3 Å². The first kappa shape index (κ1) is 15.7. The highest BCUT2D eigenvalue weighted by molar-refractivity contribution is 5.32. The fraction of sp³-hybridized carbons (Fsp3) is 0.368. The van der Waals surface area contributed by atoms with E-state index in [2.05, 4.69) is 75.6 Å². The van der Waals surface area contributed by atoms with Crippen LogP contribution >= 0.6 is 0 Å². The van der Waals surface area contributed by atoms with E-state index in [9.17, 15) is 0 Å². The predicted molar refractivity (Wildman–Crippen MR) is 90.2 cm³/mol. The number of aryl methyl sites for hydroxylation is 2. The Kier molecular flexibility index (Phi) is 5.16. The normalized spacial score (nSPS) is 12.7. The molecule has 0 aliphatic heterocycles. The maximum atomic E-state index is 5.78. The molecule has 1 atom stereocenters. The molecule has 1 unspecified atom stereocenters. The van der Waals surface area contributed by atoms with Crippen LogP contribution in [0.3, 0.4) is 0 Å². The molecular weight excluding hydrogens is 256 g/mol. The molecule has 112 valence electrons. The van der Waals surface area contributed by atoms with Crippen molar-refractivity contribution in [2.45, 2.75) is 46.1 Å². The minimum atomic E-state index is 0.147. The molecule has 2 aromatic carbocycles. The summed E-state index contributed by atoms with van der Waals surface area (Å²) in [6.07, 6.45) is 0.901. The Morgan fingerprint density at radius 2 is 1.48 bits per heavy atom. The van der Waals surface area contributed by atoms with Crippen LogP contribution in [0.1, 0.15) is 53.6 Å². The molecule has 0 radical (unpaired) electrons. The Bertz CT molecular complexity index is 565. The van der Waals surface area contributed by atoms with Gasteiger partial charge in [-0.1, -0.05) is 67.4 Å². The van der Waals surface area contributed by atoms with Crippen LogP contribution in [0.4, 0.5) is 0 Å². The van der Waals surface area contributed by atoms with Crippen molar-refractivity contribution in [1.82, 2.24) is 5.43 Å². The van der Waals surface area contributed by atoms with Crippen LogP contribution in [0.15, 0.2) is 42.5 Å². The van der Waals surface area contributed by atoms with Gasteiger partial charge in [-0.2, -0.15) is 0 Å². The van der Waals surface area contributed by atoms with Gasteiger partial charge in [-0.15, -0.1) is 0 Å². The molecule has 0 saturated heterocycles. The van der Waals surface area contributed by atoms with Crippen molar-refractivity contribution in [3.05, 3.63) is 70.3 Å². The van der Waals surface area contributed by atoms with Gasteiger partial charge in [-0.25, -0.2) is 0 Å². The summed E-state index contributed by atoms with van der Waals surface area (Å²) in [5.74, 6) is 6.35. The van der Waals surface area contributed by atoms with Gasteiger partial charge >= 0.3 is 0 Å². The summed E-state index contributed by atoms with van der Waals surface area (Å²) in [6, 6.07) is 15.6. The van der Waals surface area contributed by atoms with Gasteiger partial charge in [-0.05, 0) is 42.9 Å². The summed E-state index contributed by atoms with van der Waals surface area (Å²) >= 11 is 0. The lowest BCUT2D eigenvalue weighted by Crippen LogP contribution is -2.29. The molecule has 0 aliphatic carbocycles. The lowest BCUT2D eigenvalue weighted by Gasteiger charge is -2.18. The van der Waals surface area contributed by atoms with E-state index in [4.69, 9.17) is 5.84 Å². The van der Waals surface area contributed by atoms with Crippen molar-refractivity contribution in [2.24, 2.45) is 5.84 Å². The van der Waals surface area contributed by atoms with Gasteiger partial charge in [0.05, 0.1) is 0 Å². The first-order valence-electron chi connectivity index (χ1n) is 7.62. The molecule has 0 amide bonds. The predicted octanol–water partition coefficient (Wildman–Crippen LogP) is 4.17. The van der Waals surface area contributed by atoms with Gasteiger partial charge in [0, 0.05) is 6.04 Å². The van der Waals surface area contributed by atoms with Crippen molar-refractivity contribution in [2.75, 3.05) is 0 Å². The van der Waals surface area contributed by atoms with E-state index in [-0.39, 0.29) is 6.04 Å². The summed E-state index contributed by atoms with van der Waals surface area (Å²) in [6.45, 7) is 8.69. The molecule has 2 aromatic rings. The average molecular weight is 282 g/mol. The van der Waals surface area contributed by atoms with Gasteiger partial charge < -0.3 is 0 Å². The lowest BCUT2D eigenvalue weighted by molar-refractivity contribution is 0.551. The molecule has 0 spiro atoms. The molecule has 3 N–H and O–H groups in total. The van der Waals surface area contributed by atoms with Crippen LogP contribution in [0, 0.1) is 13.8 Å². The number of hydrogen-bond acceptors (Lipinski definition) is 2. The molecule has 2 rings (SSSR count). The van der Waals surface area contributed by atoms with Crippen LogP contribution in [0.25, 0.3) is 0 Å². The monoisotopic (exact) mass is 282 g/mol. The Hall–Kier alpha value is -1.64. The fourth-order valence-electron chi connectivity index (χ4n) is 2.76. The maximum absolute atomic E-state index is 5.78. The van der Waals surface area contributed by atoms with Gasteiger partial charge in [0.25, 0.3) is 0 Å². The summed E-state index contributed by atoms with van der Waals surface area (Å²) in [5.41, 5.74) is 9.45. The molecule has 21 heavy (non-hydrogen) atoms. The van der Waals surface area contributed by atoms with Gasteiger partial charge in [0.15, 0.2) is 0 Å². The van der Waals surface area contributed by atoms with Crippen molar-refractivity contribution in [1.29, 1.82) is 0 Å². The Labute approximate surface area is 128 Å². The fourth-order valence-corrected chi connectivity index (χ4v) is 2.76. The number of benzene rings is 2. The van der Waals surface area contributed by atoms with E-state index in [1.165, 1.54) is 27.8 Å². The van der Waals surface area contributed by atoms with Crippen LogP contribution in [0.5, 0.6) is 0 Å². The first-order valence-corrected chi connectivity index (χ1v) is 7.62. The minimum absolute atomic E-state index is 0.147. The van der Waals surface area contributed by atoms with E-state index >= 15 is 0 Å². The van der Waals surface area contributed by atoms with E-state index < -0.39 is 0 Å². The van der Waals surface area contributed by atoms with Crippen LogP contribution in [0.2, 0.25) is 0 Å². The Balaban J connectivity index is 2.18. The largest absolute Gasteiger partial charge is 0.271 e. The third-order valence-electron chi connectivity index (χ3n) is 3.93. The SMILES string of the molecule is Cc1cc(C)cc(C(Cc2ccc(C(C)C)cc2)NN)c1. The van der Waals surface area contributed by atoms with E-state index in [1.54, 1.807) is 0 Å². The van der Waals surface area contributed by atoms with Crippen molar-refractivity contribution >= 4 is 0 Å². The van der Waals surface area contributed by atoms with E-state index in [1.807, 2.05) is 0 Å². The standard InChI is InChI=1S/C19H26N2/c1-13(2)17-7-5-16(6-8-17)12-19(21-20)18-10-14(3)9-15(4)11-18/h5-11,13,19,21H,12,20H2,1-4H3. The van der Waals surface area contributed by atoms with Crippen molar-refractivity contribution in [3.63, 3.8) is 0 Å². The zero-order chi connectivity index (χ0) is 15.4. The zero-order valence-electron chi connectivity index (χ0n) is 13.5. The molecule has 0 saturated carbocycles. The molecule has 0 bridgehead atoms. The highest BCUT2D eigenvalue weighted by Crippen LogP contribution is 2.22. The topological polar surface area (TPSA) is 38.0 Å². The Morgan fingerprint density at radius 1 is 0.905 bits per heavy atom. The first-order chi connectivity index (χ1) is 9.99. The number of hydrazine groups is 1. The van der Waals surface area contributed by atoms with E-state index in [0.29, 0.717) is 5.92 Å². The summed E-state index contributed by atoms with van der Waals surface area (Å²) in [4.78, 5) is 0. The maximum Gasteiger partial charge on any atom is 0.0500 e. The number of nitrogens with two attached hydrogens (primary N) is 1. The highest BCUT2D eigenvalue weighted by atomic mass is 15.2. The number of rotatable bonds is 5. The highest BCUT2D eigenvalue weighted by Gasteiger charge is 2.11. The zero-order valence-corrected chi connectivity index (χ0v) is 13.5.